The lowest BCUT2D eigenvalue weighted by molar-refractivity contribution is 0.274. The van der Waals surface area contributed by atoms with Gasteiger partial charge in [0.2, 0.25) is 0 Å². The summed E-state index contributed by atoms with van der Waals surface area (Å²) in [5.41, 5.74) is 1.46. The highest BCUT2D eigenvalue weighted by Gasteiger charge is 2.22. The topological polar surface area (TPSA) is 30.5 Å². The third kappa shape index (κ3) is 2.97. The first-order chi connectivity index (χ1) is 10.2. The first-order valence-corrected chi connectivity index (χ1v) is 7.49. The van der Waals surface area contributed by atoms with E-state index in [2.05, 4.69) is 21.2 Å². The zero-order valence-corrected chi connectivity index (χ0v) is 13.1. The molecule has 0 aromatic heterocycles. The van der Waals surface area contributed by atoms with E-state index in [1.54, 1.807) is 19.2 Å². The van der Waals surface area contributed by atoms with E-state index >= 15 is 0 Å². The largest absolute Gasteiger partial charge is 0.497 e. The Hall–Kier alpha value is -1.75. The Morgan fingerprint density at radius 3 is 2.95 bits per heavy atom. The van der Waals surface area contributed by atoms with Gasteiger partial charge in [-0.25, -0.2) is 4.39 Å². The van der Waals surface area contributed by atoms with Gasteiger partial charge < -0.3 is 14.8 Å². The standard InChI is InChI=1S/C16H15BrFNO2/c1-20-11-3-4-13(18)15(9-11)19-14-6-7-21-16-5-2-10(17)8-12(14)16/h2-5,8-9,14,19H,6-7H2,1H3. The number of ether oxygens (including phenoxy) is 2. The Bertz CT molecular complexity index is 663. The molecular formula is C16H15BrFNO2. The molecule has 1 N–H and O–H groups in total. The van der Waals surface area contributed by atoms with Gasteiger partial charge in [-0.3, -0.25) is 0 Å². The molecular weight excluding hydrogens is 337 g/mol. The molecule has 2 aromatic carbocycles. The number of anilines is 1. The molecule has 3 nitrogen and oxygen atoms in total. The van der Waals surface area contributed by atoms with Gasteiger partial charge in [0.25, 0.3) is 0 Å². The molecule has 2 aromatic rings. The molecule has 0 saturated carbocycles. The first kappa shape index (κ1) is 14.2. The van der Waals surface area contributed by atoms with E-state index in [1.807, 2.05) is 18.2 Å². The second kappa shape index (κ2) is 5.93. The van der Waals surface area contributed by atoms with E-state index in [9.17, 15) is 4.39 Å². The van der Waals surface area contributed by atoms with E-state index in [4.69, 9.17) is 9.47 Å². The van der Waals surface area contributed by atoms with Crippen molar-refractivity contribution in [1.29, 1.82) is 0 Å². The number of fused-ring (bicyclic) bond motifs is 1. The Balaban J connectivity index is 1.91. The normalized spacial score (nSPS) is 16.8. The molecule has 1 aliphatic rings. The van der Waals surface area contributed by atoms with E-state index < -0.39 is 0 Å². The molecule has 5 heteroatoms. The highest BCUT2D eigenvalue weighted by atomic mass is 79.9. The van der Waals surface area contributed by atoms with E-state index in [0.29, 0.717) is 18.0 Å². The van der Waals surface area contributed by atoms with Crippen LogP contribution in [0.5, 0.6) is 11.5 Å². The molecule has 1 unspecified atom stereocenters. The first-order valence-electron chi connectivity index (χ1n) is 6.69. The Kier molecular flexibility index (Phi) is 4.01. The molecule has 0 aliphatic carbocycles. The molecule has 0 saturated heterocycles. The number of hydrogen-bond donors (Lipinski definition) is 1. The summed E-state index contributed by atoms with van der Waals surface area (Å²) >= 11 is 3.46. The molecule has 0 amide bonds. The summed E-state index contributed by atoms with van der Waals surface area (Å²) in [6.07, 6.45) is 0.778. The Morgan fingerprint density at radius 1 is 1.29 bits per heavy atom. The summed E-state index contributed by atoms with van der Waals surface area (Å²) in [6.45, 7) is 0.609. The maximum absolute atomic E-state index is 14.0. The SMILES string of the molecule is COc1ccc(F)c(NC2CCOc3ccc(Br)cc32)c1. The van der Waals surface area contributed by atoms with Crippen LogP contribution in [0.1, 0.15) is 18.0 Å². The quantitative estimate of drug-likeness (QED) is 0.880. The molecule has 3 rings (SSSR count). The summed E-state index contributed by atoms with van der Waals surface area (Å²) in [5.74, 6) is 1.17. The van der Waals surface area contributed by atoms with Crippen LogP contribution in [0.15, 0.2) is 40.9 Å². The fourth-order valence-electron chi connectivity index (χ4n) is 2.44. The van der Waals surface area contributed by atoms with Crippen molar-refractivity contribution < 1.29 is 13.9 Å². The molecule has 21 heavy (non-hydrogen) atoms. The summed E-state index contributed by atoms with van der Waals surface area (Å²) in [4.78, 5) is 0. The monoisotopic (exact) mass is 351 g/mol. The van der Waals surface area contributed by atoms with Crippen LogP contribution in [0.2, 0.25) is 0 Å². The van der Waals surface area contributed by atoms with Crippen LogP contribution in [0.25, 0.3) is 0 Å². The highest BCUT2D eigenvalue weighted by Crippen LogP contribution is 2.37. The third-order valence-electron chi connectivity index (χ3n) is 3.51. The van der Waals surface area contributed by atoms with E-state index in [-0.39, 0.29) is 11.9 Å². The van der Waals surface area contributed by atoms with Crippen LogP contribution in [0.3, 0.4) is 0 Å². The molecule has 1 atom stereocenters. The lowest BCUT2D eigenvalue weighted by Crippen LogP contribution is -2.20. The van der Waals surface area contributed by atoms with Crippen LogP contribution in [0, 0.1) is 5.82 Å². The smallest absolute Gasteiger partial charge is 0.146 e. The van der Waals surface area contributed by atoms with Gasteiger partial charge >= 0.3 is 0 Å². The lowest BCUT2D eigenvalue weighted by Gasteiger charge is -2.28. The lowest BCUT2D eigenvalue weighted by atomic mass is 10.00. The molecule has 0 spiro atoms. The maximum atomic E-state index is 14.0. The molecule has 0 fully saturated rings. The van der Waals surface area contributed by atoms with Crippen molar-refractivity contribution >= 4 is 21.6 Å². The Morgan fingerprint density at radius 2 is 2.14 bits per heavy atom. The number of halogens is 2. The van der Waals surface area contributed by atoms with Crippen molar-refractivity contribution in [2.45, 2.75) is 12.5 Å². The summed E-state index contributed by atoms with van der Waals surface area (Å²) in [7, 11) is 1.57. The predicted molar refractivity (Wildman–Crippen MR) is 83.6 cm³/mol. The Labute approximate surface area is 131 Å². The summed E-state index contributed by atoms with van der Waals surface area (Å²) in [5, 5.41) is 3.25. The third-order valence-corrected chi connectivity index (χ3v) is 4.01. The van der Waals surface area contributed by atoms with Crippen LogP contribution in [-0.4, -0.2) is 13.7 Å². The van der Waals surface area contributed by atoms with Crippen molar-refractivity contribution in [3.63, 3.8) is 0 Å². The van der Waals surface area contributed by atoms with Crippen molar-refractivity contribution in [3.8, 4) is 11.5 Å². The predicted octanol–water partition coefficient (Wildman–Crippen LogP) is 4.53. The van der Waals surface area contributed by atoms with Gasteiger partial charge in [0.1, 0.15) is 17.3 Å². The second-order valence-electron chi connectivity index (χ2n) is 4.86. The number of methoxy groups -OCH3 is 1. The van der Waals surface area contributed by atoms with Crippen molar-refractivity contribution in [2.75, 3.05) is 19.0 Å². The molecule has 0 bridgehead atoms. The van der Waals surface area contributed by atoms with Gasteiger partial charge in [0.05, 0.1) is 25.4 Å². The van der Waals surface area contributed by atoms with Crippen molar-refractivity contribution in [1.82, 2.24) is 0 Å². The van der Waals surface area contributed by atoms with Crippen molar-refractivity contribution in [3.05, 3.63) is 52.3 Å². The van der Waals surface area contributed by atoms with Crippen LogP contribution in [-0.2, 0) is 0 Å². The zero-order chi connectivity index (χ0) is 14.8. The van der Waals surface area contributed by atoms with Gasteiger partial charge in [-0.1, -0.05) is 15.9 Å². The minimum Gasteiger partial charge on any atom is -0.497 e. The van der Waals surface area contributed by atoms with Gasteiger partial charge in [-0.05, 0) is 30.3 Å². The summed E-state index contributed by atoms with van der Waals surface area (Å²) < 4.78 is 25.7. The van der Waals surface area contributed by atoms with Crippen LogP contribution >= 0.6 is 15.9 Å². The molecule has 110 valence electrons. The van der Waals surface area contributed by atoms with Crippen LogP contribution in [0.4, 0.5) is 10.1 Å². The number of benzene rings is 2. The minimum absolute atomic E-state index is 0.00727. The molecule has 1 aliphatic heterocycles. The van der Waals surface area contributed by atoms with E-state index in [1.165, 1.54) is 6.07 Å². The van der Waals surface area contributed by atoms with Gasteiger partial charge in [0, 0.05) is 22.5 Å². The molecule has 0 radical (unpaired) electrons. The summed E-state index contributed by atoms with van der Waals surface area (Å²) in [6, 6.07) is 10.6. The van der Waals surface area contributed by atoms with Crippen molar-refractivity contribution in [2.24, 2.45) is 0 Å². The number of hydrogen-bond acceptors (Lipinski definition) is 3. The fourth-order valence-corrected chi connectivity index (χ4v) is 2.82. The second-order valence-corrected chi connectivity index (χ2v) is 5.78. The number of nitrogens with one attached hydrogen (secondary N) is 1. The maximum Gasteiger partial charge on any atom is 0.146 e. The molecule has 1 heterocycles. The van der Waals surface area contributed by atoms with E-state index in [0.717, 1.165) is 22.2 Å². The average Bonchev–Trinajstić information content (AvgIpc) is 2.50. The zero-order valence-electron chi connectivity index (χ0n) is 11.5. The van der Waals surface area contributed by atoms with Crippen LogP contribution < -0.4 is 14.8 Å². The average molecular weight is 352 g/mol. The number of rotatable bonds is 3. The minimum atomic E-state index is -0.293. The van der Waals surface area contributed by atoms with Gasteiger partial charge in [-0.15, -0.1) is 0 Å². The fraction of sp³-hybridized carbons (Fsp3) is 0.250. The van der Waals surface area contributed by atoms with Gasteiger partial charge in [0.15, 0.2) is 0 Å². The van der Waals surface area contributed by atoms with Gasteiger partial charge in [-0.2, -0.15) is 0 Å². The highest BCUT2D eigenvalue weighted by molar-refractivity contribution is 9.10.